The fourth-order valence-corrected chi connectivity index (χ4v) is 2.17. The highest BCUT2D eigenvalue weighted by atomic mass is 16.1. The number of carbonyl (C=O) groups excluding carboxylic acids is 1. The van der Waals surface area contributed by atoms with Crippen LogP contribution in [0.2, 0.25) is 0 Å². The first kappa shape index (κ1) is 13.3. The third-order valence-corrected chi connectivity index (χ3v) is 2.96. The minimum absolute atomic E-state index is 0.119. The predicted octanol–water partition coefficient (Wildman–Crippen LogP) is 3.01. The predicted molar refractivity (Wildman–Crippen MR) is 78.2 cm³/mol. The highest BCUT2D eigenvalue weighted by Gasteiger charge is 2.10. The molecule has 0 unspecified atom stereocenters. The lowest BCUT2D eigenvalue weighted by Crippen LogP contribution is -2.15. The molecule has 0 atom stereocenters. The van der Waals surface area contributed by atoms with Crippen molar-refractivity contribution in [3.63, 3.8) is 0 Å². The summed E-state index contributed by atoms with van der Waals surface area (Å²) in [5, 5.41) is 2.92. The van der Waals surface area contributed by atoms with E-state index in [-0.39, 0.29) is 5.91 Å². The molecule has 0 aliphatic rings. The summed E-state index contributed by atoms with van der Waals surface area (Å²) in [6, 6.07) is 13.4. The molecular weight excluding hydrogens is 236 g/mol. The van der Waals surface area contributed by atoms with Crippen LogP contribution in [-0.2, 0) is 6.54 Å². The lowest BCUT2D eigenvalue weighted by molar-refractivity contribution is 0.102. The number of nitrogens with two attached hydrogens (primary N) is 1. The molecule has 98 valence electrons. The van der Waals surface area contributed by atoms with Crippen LogP contribution in [0.1, 0.15) is 27.0 Å². The summed E-state index contributed by atoms with van der Waals surface area (Å²) in [7, 11) is 0. The number of anilines is 1. The molecule has 0 aliphatic carbocycles. The van der Waals surface area contributed by atoms with Gasteiger partial charge in [-0.05, 0) is 48.7 Å². The average molecular weight is 254 g/mol. The van der Waals surface area contributed by atoms with Crippen LogP contribution in [0.5, 0.6) is 0 Å². The van der Waals surface area contributed by atoms with Crippen molar-refractivity contribution >= 4 is 11.6 Å². The molecule has 2 rings (SSSR count). The molecule has 0 spiro atoms. The van der Waals surface area contributed by atoms with Gasteiger partial charge in [-0.25, -0.2) is 0 Å². The third kappa shape index (κ3) is 3.20. The molecule has 0 aromatic heterocycles. The molecule has 3 N–H and O–H groups in total. The third-order valence-electron chi connectivity index (χ3n) is 2.96. The lowest BCUT2D eigenvalue weighted by atomic mass is 10.1. The van der Waals surface area contributed by atoms with Crippen molar-refractivity contribution in [1.29, 1.82) is 0 Å². The molecule has 0 saturated carbocycles. The van der Waals surface area contributed by atoms with E-state index in [1.165, 1.54) is 0 Å². The van der Waals surface area contributed by atoms with Crippen LogP contribution >= 0.6 is 0 Å². The van der Waals surface area contributed by atoms with E-state index in [0.717, 1.165) is 22.4 Å². The number of amides is 1. The van der Waals surface area contributed by atoms with Crippen molar-refractivity contribution in [1.82, 2.24) is 0 Å². The minimum atomic E-state index is -0.119. The smallest absolute Gasteiger partial charge is 0.255 e. The highest BCUT2D eigenvalue weighted by Crippen LogP contribution is 2.16. The van der Waals surface area contributed by atoms with Gasteiger partial charge in [0.2, 0.25) is 0 Å². The van der Waals surface area contributed by atoms with Crippen molar-refractivity contribution in [3.8, 4) is 0 Å². The van der Waals surface area contributed by atoms with Crippen molar-refractivity contribution in [3.05, 3.63) is 64.7 Å². The zero-order valence-corrected chi connectivity index (χ0v) is 11.2. The van der Waals surface area contributed by atoms with Crippen molar-refractivity contribution in [2.75, 3.05) is 5.32 Å². The summed E-state index contributed by atoms with van der Waals surface area (Å²) in [5.74, 6) is -0.119. The first-order valence-corrected chi connectivity index (χ1v) is 6.28. The van der Waals surface area contributed by atoms with Gasteiger partial charge in [0.25, 0.3) is 5.91 Å². The maximum Gasteiger partial charge on any atom is 0.255 e. The maximum atomic E-state index is 12.2. The molecule has 19 heavy (non-hydrogen) atoms. The summed E-state index contributed by atoms with van der Waals surface area (Å²) in [5.41, 5.74) is 10.2. The first-order valence-electron chi connectivity index (χ1n) is 6.28. The number of hydrogen-bond donors (Lipinski definition) is 2. The molecule has 3 heteroatoms. The first-order chi connectivity index (χ1) is 9.10. The SMILES string of the molecule is Cc1cc(C)cc(NC(=O)c2ccccc2CN)c1. The highest BCUT2D eigenvalue weighted by molar-refractivity contribution is 6.05. The standard InChI is InChI=1S/C16H18N2O/c1-11-7-12(2)9-14(8-11)18-16(19)15-6-4-3-5-13(15)10-17/h3-9H,10,17H2,1-2H3,(H,18,19). The summed E-state index contributed by atoms with van der Waals surface area (Å²) in [6.07, 6.45) is 0. The van der Waals surface area contributed by atoms with Crippen molar-refractivity contribution < 1.29 is 4.79 Å². The van der Waals surface area contributed by atoms with Crippen LogP contribution in [-0.4, -0.2) is 5.91 Å². The molecule has 2 aromatic carbocycles. The normalized spacial score (nSPS) is 10.3. The van der Waals surface area contributed by atoms with Crippen LogP contribution in [0.4, 0.5) is 5.69 Å². The molecule has 0 saturated heterocycles. The Kier molecular flexibility index (Phi) is 3.97. The van der Waals surface area contributed by atoms with Crippen molar-refractivity contribution in [2.24, 2.45) is 5.73 Å². The van der Waals surface area contributed by atoms with Gasteiger partial charge < -0.3 is 11.1 Å². The molecule has 1 amide bonds. The van der Waals surface area contributed by atoms with E-state index >= 15 is 0 Å². The van der Waals surface area contributed by atoms with E-state index < -0.39 is 0 Å². The van der Waals surface area contributed by atoms with E-state index in [1.54, 1.807) is 6.07 Å². The fraction of sp³-hybridized carbons (Fsp3) is 0.188. The maximum absolute atomic E-state index is 12.2. The molecule has 0 heterocycles. The van der Waals surface area contributed by atoms with E-state index in [0.29, 0.717) is 12.1 Å². The Morgan fingerprint density at radius 1 is 1.11 bits per heavy atom. The van der Waals surface area contributed by atoms with Gasteiger partial charge >= 0.3 is 0 Å². The number of nitrogens with one attached hydrogen (secondary N) is 1. The second-order valence-electron chi connectivity index (χ2n) is 4.69. The number of carbonyl (C=O) groups is 1. The molecule has 0 aliphatic heterocycles. The summed E-state index contributed by atoms with van der Waals surface area (Å²) in [6.45, 7) is 4.38. The Morgan fingerprint density at radius 3 is 2.37 bits per heavy atom. The second-order valence-corrected chi connectivity index (χ2v) is 4.69. The van der Waals surface area contributed by atoms with Crippen LogP contribution in [0.25, 0.3) is 0 Å². The van der Waals surface area contributed by atoms with Gasteiger partial charge in [-0.2, -0.15) is 0 Å². The Balaban J connectivity index is 2.25. The Labute approximate surface area is 113 Å². The number of rotatable bonds is 3. The van der Waals surface area contributed by atoms with Gasteiger partial charge in [0.15, 0.2) is 0 Å². The second kappa shape index (κ2) is 5.67. The van der Waals surface area contributed by atoms with Crippen LogP contribution in [0.3, 0.4) is 0 Å². The molecule has 2 aromatic rings. The quantitative estimate of drug-likeness (QED) is 0.884. The minimum Gasteiger partial charge on any atom is -0.326 e. The van der Waals surface area contributed by atoms with Gasteiger partial charge in [0, 0.05) is 17.8 Å². The molecule has 3 nitrogen and oxygen atoms in total. The van der Waals surface area contributed by atoms with Gasteiger partial charge in [0.1, 0.15) is 0 Å². The van der Waals surface area contributed by atoms with E-state index in [4.69, 9.17) is 5.73 Å². The summed E-state index contributed by atoms with van der Waals surface area (Å²) in [4.78, 5) is 12.2. The zero-order valence-electron chi connectivity index (χ0n) is 11.2. The van der Waals surface area contributed by atoms with E-state index in [2.05, 4.69) is 11.4 Å². The number of hydrogen-bond acceptors (Lipinski definition) is 2. The largest absolute Gasteiger partial charge is 0.326 e. The zero-order chi connectivity index (χ0) is 13.8. The Hall–Kier alpha value is -2.13. The van der Waals surface area contributed by atoms with Gasteiger partial charge in [0.05, 0.1) is 0 Å². The van der Waals surface area contributed by atoms with Gasteiger partial charge in [-0.15, -0.1) is 0 Å². The monoisotopic (exact) mass is 254 g/mol. The molecule has 0 radical (unpaired) electrons. The Bertz CT molecular complexity index is 585. The van der Waals surface area contributed by atoms with Crippen LogP contribution in [0.15, 0.2) is 42.5 Å². The average Bonchev–Trinajstić information content (AvgIpc) is 2.37. The number of aryl methyl sites for hydroxylation is 2. The molecule has 0 fully saturated rings. The van der Waals surface area contributed by atoms with Crippen LogP contribution < -0.4 is 11.1 Å². The number of benzene rings is 2. The summed E-state index contributed by atoms with van der Waals surface area (Å²) >= 11 is 0. The van der Waals surface area contributed by atoms with Gasteiger partial charge in [-0.1, -0.05) is 24.3 Å². The lowest BCUT2D eigenvalue weighted by Gasteiger charge is -2.10. The van der Waals surface area contributed by atoms with Crippen LogP contribution in [0, 0.1) is 13.8 Å². The molecule has 0 bridgehead atoms. The van der Waals surface area contributed by atoms with Gasteiger partial charge in [-0.3, -0.25) is 4.79 Å². The van der Waals surface area contributed by atoms with Crippen molar-refractivity contribution in [2.45, 2.75) is 20.4 Å². The Morgan fingerprint density at radius 2 is 1.74 bits per heavy atom. The summed E-state index contributed by atoms with van der Waals surface area (Å²) < 4.78 is 0. The topological polar surface area (TPSA) is 55.1 Å². The van der Waals surface area contributed by atoms with E-state index in [1.807, 2.05) is 44.2 Å². The molecular formula is C16H18N2O. The van der Waals surface area contributed by atoms with E-state index in [9.17, 15) is 4.79 Å². The fourth-order valence-electron chi connectivity index (χ4n) is 2.17.